The monoisotopic (exact) mass is 287 g/mol. The van der Waals surface area contributed by atoms with Gasteiger partial charge in [0.1, 0.15) is 0 Å². The first-order valence-electron chi connectivity index (χ1n) is 6.85. The number of alkyl halides is 1. The van der Waals surface area contributed by atoms with Crippen LogP contribution in [-0.4, -0.2) is 18.7 Å². The van der Waals surface area contributed by atoms with Gasteiger partial charge in [-0.15, -0.1) is 0 Å². The summed E-state index contributed by atoms with van der Waals surface area (Å²) in [4.78, 5) is 11.4. The molecule has 4 heteroatoms. The largest absolute Gasteiger partial charge is 0.464 e. The second kappa shape index (κ2) is 6.99. The van der Waals surface area contributed by atoms with E-state index in [4.69, 9.17) is 5.73 Å². The number of hydrogen-bond donors (Lipinski definition) is 1. The highest BCUT2D eigenvalue weighted by atomic mass is 19.1. The lowest BCUT2D eigenvalue weighted by atomic mass is 9.97. The molecule has 2 aromatic carbocycles. The first-order chi connectivity index (χ1) is 10.1. The van der Waals surface area contributed by atoms with E-state index in [0.717, 1.165) is 11.1 Å². The lowest BCUT2D eigenvalue weighted by Gasteiger charge is -2.16. The quantitative estimate of drug-likeness (QED) is 0.859. The fourth-order valence-corrected chi connectivity index (χ4v) is 2.09. The summed E-state index contributed by atoms with van der Waals surface area (Å²) in [7, 11) is 0. The molecule has 0 aliphatic carbocycles. The summed E-state index contributed by atoms with van der Waals surface area (Å²) in [6.45, 7) is 1.77. The maximum absolute atomic E-state index is 14.0. The Morgan fingerprint density at radius 1 is 1.14 bits per heavy atom. The van der Waals surface area contributed by atoms with Crippen LogP contribution in [-0.2, 0) is 9.53 Å². The van der Waals surface area contributed by atoms with E-state index in [1.54, 1.807) is 25.1 Å². The number of esters is 1. The van der Waals surface area contributed by atoms with Crippen LogP contribution in [0.15, 0.2) is 54.6 Å². The average molecular weight is 287 g/mol. The Kier molecular flexibility index (Phi) is 5.06. The third kappa shape index (κ3) is 3.67. The van der Waals surface area contributed by atoms with Crippen molar-refractivity contribution in [3.05, 3.63) is 60.2 Å². The lowest BCUT2D eigenvalue weighted by molar-refractivity contribution is -0.149. The number of halogens is 1. The molecule has 0 amide bonds. The molecule has 110 valence electrons. The van der Waals surface area contributed by atoms with Gasteiger partial charge in [-0.2, -0.15) is 0 Å². The molecule has 2 rings (SSSR count). The molecule has 0 saturated heterocycles. The Morgan fingerprint density at radius 2 is 1.81 bits per heavy atom. The van der Waals surface area contributed by atoms with Crippen LogP contribution >= 0.6 is 0 Å². The first-order valence-corrected chi connectivity index (χ1v) is 6.85. The predicted octanol–water partition coefficient (Wildman–Crippen LogP) is 3.25. The maximum Gasteiger partial charge on any atom is 0.342 e. The van der Waals surface area contributed by atoms with E-state index in [1.165, 1.54) is 0 Å². The van der Waals surface area contributed by atoms with Crippen LogP contribution in [0.2, 0.25) is 0 Å². The number of rotatable bonds is 5. The summed E-state index contributed by atoms with van der Waals surface area (Å²) in [5.74, 6) is -0.921. The highest BCUT2D eigenvalue weighted by Crippen LogP contribution is 2.25. The van der Waals surface area contributed by atoms with Crippen LogP contribution in [0.1, 0.15) is 18.5 Å². The molecule has 0 aliphatic heterocycles. The molecule has 0 fully saturated rings. The molecule has 0 saturated carbocycles. The molecule has 0 aliphatic rings. The Morgan fingerprint density at radius 3 is 2.48 bits per heavy atom. The van der Waals surface area contributed by atoms with Gasteiger partial charge in [-0.3, -0.25) is 0 Å². The van der Waals surface area contributed by atoms with Gasteiger partial charge in [-0.1, -0.05) is 48.5 Å². The Labute approximate surface area is 123 Å². The van der Waals surface area contributed by atoms with Crippen LogP contribution in [0, 0.1) is 0 Å². The van der Waals surface area contributed by atoms with Gasteiger partial charge in [0.2, 0.25) is 6.17 Å². The number of ether oxygens (including phenoxy) is 1. The summed E-state index contributed by atoms with van der Waals surface area (Å²) in [5, 5.41) is 0. The number of nitrogens with two attached hydrogens (primary N) is 1. The van der Waals surface area contributed by atoms with Crippen LogP contribution in [0.3, 0.4) is 0 Å². The molecule has 2 N–H and O–H groups in total. The second-order valence-electron chi connectivity index (χ2n) is 4.67. The van der Waals surface area contributed by atoms with Gasteiger partial charge in [-0.25, -0.2) is 9.18 Å². The van der Waals surface area contributed by atoms with Crippen molar-refractivity contribution in [2.75, 3.05) is 6.61 Å². The highest BCUT2D eigenvalue weighted by molar-refractivity contribution is 5.76. The molecule has 2 atom stereocenters. The van der Waals surface area contributed by atoms with E-state index >= 15 is 0 Å². The molecule has 3 nitrogen and oxygen atoms in total. The molecule has 0 aromatic heterocycles. The van der Waals surface area contributed by atoms with Crippen molar-refractivity contribution in [1.29, 1.82) is 0 Å². The molecule has 21 heavy (non-hydrogen) atoms. The molecule has 0 bridgehead atoms. The molecule has 0 spiro atoms. The third-order valence-electron chi connectivity index (χ3n) is 3.21. The molecule has 0 radical (unpaired) electrons. The van der Waals surface area contributed by atoms with Crippen molar-refractivity contribution >= 4 is 5.97 Å². The van der Waals surface area contributed by atoms with Crippen LogP contribution in [0.4, 0.5) is 4.39 Å². The number of carbonyl (C=O) groups excluding carboxylic acids is 1. The predicted molar refractivity (Wildman–Crippen MR) is 80.3 cm³/mol. The standard InChI is InChI=1S/C17H18FNO2/c1-2-21-17(20)15(18)16(19)14-10-6-9-13(11-14)12-7-4-3-5-8-12/h3-11,15-16H,2,19H2,1H3/t15?,16-/m1/s1. The van der Waals surface area contributed by atoms with Gasteiger partial charge in [0.05, 0.1) is 12.6 Å². The van der Waals surface area contributed by atoms with E-state index in [2.05, 4.69) is 4.74 Å². The fraction of sp³-hybridized carbons (Fsp3) is 0.235. The van der Waals surface area contributed by atoms with E-state index < -0.39 is 18.2 Å². The highest BCUT2D eigenvalue weighted by Gasteiger charge is 2.27. The van der Waals surface area contributed by atoms with E-state index in [0.29, 0.717) is 5.56 Å². The SMILES string of the molecule is CCOC(=O)C(F)[C@H](N)c1cccc(-c2ccccc2)c1. The Balaban J connectivity index is 2.23. The number of benzene rings is 2. The molecular weight excluding hydrogens is 269 g/mol. The summed E-state index contributed by atoms with van der Waals surface area (Å²) in [6, 6.07) is 15.9. The van der Waals surface area contributed by atoms with Crippen molar-refractivity contribution in [3.8, 4) is 11.1 Å². The Bertz CT molecular complexity index is 601. The van der Waals surface area contributed by atoms with Gasteiger partial charge < -0.3 is 10.5 Å². The van der Waals surface area contributed by atoms with Gasteiger partial charge in [-0.05, 0) is 29.7 Å². The minimum atomic E-state index is -1.86. The minimum Gasteiger partial charge on any atom is -0.464 e. The van der Waals surface area contributed by atoms with Crippen molar-refractivity contribution in [2.24, 2.45) is 5.73 Å². The third-order valence-corrected chi connectivity index (χ3v) is 3.21. The van der Waals surface area contributed by atoms with Gasteiger partial charge in [0, 0.05) is 0 Å². The normalized spacial score (nSPS) is 13.5. The molecule has 1 unspecified atom stereocenters. The summed E-state index contributed by atoms with van der Waals surface area (Å²) >= 11 is 0. The van der Waals surface area contributed by atoms with Crippen molar-refractivity contribution in [3.63, 3.8) is 0 Å². The minimum absolute atomic E-state index is 0.135. The summed E-state index contributed by atoms with van der Waals surface area (Å²) in [5.41, 5.74) is 8.35. The van der Waals surface area contributed by atoms with Gasteiger partial charge >= 0.3 is 5.97 Å². The van der Waals surface area contributed by atoms with Crippen LogP contribution < -0.4 is 5.73 Å². The van der Waals surface area contributed by atoms with Crippen molar-refractivity contribution < 1.29 is 13.9 Å². The molecule has 0 heterocycles. The smallest absolute Gasteiger partial charge is 0.342 e. The second-order valence-corrected chi connectivity index (χ2v) is 4.67. The van der Waals surface area contributed by atoms with Crippen LogP contribution in [0.5, 0.6) is 0 Å². The summed E-state index contributed by atoms with van der Waals surface area (Å²) < 4.78 is 18.7. The average Bonchev–Trinajstić information content (AvgIpc) is 2.54. The van der Waals surface area contributed by atoms with Crippen molar-refractivity contribution in [2.45, 2.75) is 19.1 Å². The number of carbonyl (C=O) groups is 1. The van der Waals surface area contributed by atoms with E-state index in [9.17, 15) is 9.18 Å². The van der Waals surface area contributed by atoms with Crippen molar-refractivity contribution in [1.82, 2.24) is 0 Å². The Hall–Kier alpha value is -2.20. The molecular formula is C17H18FNO2. The lowest BCUT2D eigenvalue weighted by Crippen LogP contribution is -2.31. The summed E-state index contributed by atoms with van der Waals surface area (Å²) in [6.07, 6.45) is -1.86. The van der Waals surface area contributed by atoms with Gasteiger partial charge in [0.15, 0.2) is 0 Å². The zero-order valence-electron chi connectivity index (χ0n) is 11.8. The topological polar surface area (TPSA) is 52.3 Å². The van der Waals surface area contributed by atoms with E-state index in [-0.39, 0.29) is 6.61 Å². The zero-order chi connectivity index (χ0) is 15.2. The maximum atomic E-state index is 14.0. The zero-order valence-corrected chi connectivity index (χ0v) is 11.8. The first kappa shape index (κ1) is 15.2. The fourth-order valence-electron chi connectivity index (χ4n) is 2.09. The van der Waals surface area contributed by atoms with Gasteiger partial charge in [0.25, 0.3) is 0 Å². The van der Waals surface area contributed by atoms with Crippen LogP contribution in [0.25, 0.3) is 11.1 Å². The molecule has 2 aromatic rings. The number of hydrogen-bond acceptors (Lipinski definition) is 3. The van der Waals surface area contributed by atoms with E-state index in [1.807, 2.05) is 36.4 Å².